The quantitative estimate of drug-likeness (QED) is 0.519. The molecule has 7 heteroatoms. The van der Waals surface area contributed by atoms with Gasteiger partial charge in [0.05, 0.1) is 11.9 Å². The first-order valence-corrected chi connectivity index (χ1v) is 10.5. The molecule has 1 N–H and O–H groups in total. The summed E-state index contributed by atoms with van der Waals surface area (Å²) in [6, 6.07) is 5.81. The van der Waals surface area contributed by atoms with E-state index >= 15 is 0 Å². The van der Waals surface area contributed by atoms with Crippen LogP contribution in [0, 0.1) is 12.7 Å². The van der Waals surface area contributed by atoms with Crippen LogP contribution in [0.2, 0.25) is 0 Å². The second-order valence-corrected chi connectivity index (χ2v) is 8.43. The van der Waals surface area contributed by atoms with Crippen molar-refractivity contribution in [3.8, 4) is 11.3 Å². The van der Waals surface area contributed by atoms with Crippen LogP contribution < -0.4 is 5.32 Å². The van der Waals surface area contributed by atoms with Gasteiger partial charge in [-0.15, -0.1) is 10.2 Å². The van der Waals surface area contributed by atoms with E-state index in [-0.39, 0.29) is 5.82 Å². The van der Waals surface area contributed by atoms with Gasteiger partial charge in [0.1, 0.15) is 23.8 Å². The molecule has 0 bridgehead atoms. The predicted molar refractivity (Wildman–Crippen MR) is 113 cm³/mol. The second kappa shape index (κ2) is 6.39. The minimum Gasteiger partial charge on any atom is -0.367 e. The molecule has 30 heavy (non-hydrogen) atoms. The Morgan fingerprint density at radius 2 is 2.00 bits per heavy atom. The summed E-state index contributed by atoms with van der Waals surface area (Å²) in [4.78, 5) is 4.46. The lowest BCUT2D eigenvalue weighted by molar-refractivity contribution is 0.590. The number of nitrogens with one attached hydrogen (secondary N) is 1. The maximum Gasteiger partial charge on any atom is 0.171 e. The Hall–Kier alpha value is -3.22. The first-order valence-electron chi connectivity index (χ1n) is 10.5. The molecule has 2 aliphatic rings. The molecule has 0 spiro atoms. The van der Waals surface area contributed by atoms with E-state index in [1.807, 2.05) is 30.6 Å². The van der Waals surface area contributed by atoms with Gasteiger partial charge < -0.3 is 9.88 Å². The summed E-state index contributed by atoms with van der Waals surface area (Å²) in [5, 5.41) is 12.1. The van der Waals surface area contributed by atoms with Gasteiger partial charge in [0.2, 0.25) is 0 Å². The third-order valence-corrected chi connectivity index (χ3v) is 6.90. The van der Waals surface area contributed by atoms with Crippen molar-refractivity contribution in [2.75, 3.05) is 5.32 Å². The van der Waals surface area contributed by atoms with Crippen LogP contribution in [0.5, 0.6) is 0 Å². The first kappa shape index (κ1) is 17.6. The molecule has 6 rings (SSSR count). The molecule has 4 heterocycles. The molecule has 0 saturated heterocycles. The van der Waals surface area contributed by atoms with E-state index in [0.717, 1.165) is 59.8 Å². The second-order valence-electron chi connectivity index (χ2n) is 8.43. The van der Waals surface area contributed by atoms with Crippen LogP contribution >= 0.6 is 0 Å². The van der Waals surface area contributed by atoms with Gasteiger partial charge in [-0.3, -0.25) is 4.40 Å². The van der Waals surface area contributed by atoms with Crippen LogP contribution in [-0.2, 0) is 26.4 Å². The SMILES string of the molecule is Cc1ncc(-c2cc3c(n4cnnc24)NCc2c(F)ccc4c2C(CC4)CC3)n1C. The predicted octanol–water partition coefficient (Wildman–Crippen LogP) is 4.17. The average molecular weight is 402 g/mol. The van der Waals surface area contributed by atoms with Crippen LogP contribution in [0.3, 0.4) is 0 Å². The molecule has 6 nitrogen and oxygen atoms in total. The third-order valence-electron chi connectivity index (χ3n) is 6.90. The van der Waals surface area contributed by atoms with Crippen molar-refractivity contribution in [3.05, 3.63) is 64.6 Å². The van der Waals surface area contributed by atoms with E-state index < -0.39 is 0 Å². The average Bonchev–Trinajstić information content (AvgIpc) is 3.46. The summed E-state index contributed by atoms with van der Waals surface area (Å²) in [6.45, 7) is 2.46. The number of hydrogen-bond donors (Lipinski definition) is 1. The van der Waals surface area contributed by atoms with Crippen molar-refractivity contribution in [2.24, 2.45) is 7.05 Å². The van der Waals surface area contributed by atoms with Crippen LogP contribution in [0.1, 0.15) is 46.8 Å². The van der Waals surface area contributed by atoms with Gasteiger partial charge in [0.15, 0.2) is 5.65 Å². The Morgan fingerprint density at radius 1 is 1.17 bits per heavy atom. The van der Waals surface area contributed by atoms with E-state index in [9.17, 15) is 4.39 Å². The van der Waals surface area contributed by atoms with Gasteiger partial charge >= 0.3 is 0 Å². The smallest absolute Gasteiger partial charge is 0.171 e. The standard InChI is InChI=1S/C23H23FN6/c1-13-25-11-20(29(13)2)17-9-16-6-5-14-3-4-15-7-8-19(24)18(21(14)15)10-26-22(16)30-12-27-28-23(17)30/h7-9,11-12,14,26H,3-6,10H2,1-2H3. The first-order chi connectivity index (χ1) is 14.6. The monoisotopic (exact) mass is 402 g/mol. The highest BCUT2D eigenvalue weighted by molar-refractivity contribution is 5.79. The van der Waals surface area contributed by atoms with E-state index in [1.54, 1.807) is 12.4 Å². The summed E-state index contributed by atoms with van der Waals surface area (Å²) < 4.78 is 18.9. The highest BCUT2D eigenvalue weighted by Gasteiger charge is 2.29. The van der Waals surface area contributed by atoms with Gasteiger partial charge in [-0.05, 0) is 67.3 Å². The van der Waals surface area contributed by atoms with Crippen molar-refractivity contribution in [1.82, 2.24) is 24.1 Å². The molecule has 0 saturated carbocycles. The fraction of sp³-hybridized carbons (Fsp3) is 0.348. The summed E-state index contributed by atoms with van der Waals surface area (Å²) in [5.74, 6) is 2.21. The van der Waals surface area contributed by atoms with Gasteiger partial charge in [-0.25, -0.2) is 9.37 Å². The molecule has 4 aromatic rings. The van der Waals surface area contributed by atoms with E-state index in [2.05, 4.69) is 31.1 Å². The lowest BCUT2D eigenvalue weighted by Crippen LogP contribution is -2.10. The zero-order valence-corrected chi connectivity index (χ0v) is 17.1. The fourth-order valence-corrected chi connectivity index (χ4v) is 5.23. The van der Waals surface area contributed by atoms with Crippen LogP contribution in [0.15, 0.2) is 30.7 Å². The largest absolute Gasteiger partial charge is 0.367 e. The summed E-state index contributed by atoms with van der Waals surface area (Å²) in [7, 11) is 2.02. The number of benzene rings is 1. The molecule has 0 amide bonds. The van der Waals surface area contributed by atoms with Gasteiger partial charge in [0.25, 0.3) is 0 Å². The summed E-state index contributed by atoms with van der Waals surface area (Å²) in [5.41, 5.74) is 7.38. The topological polar surface area (TPSA) is 60.0 Å². The van der Waals surface area contributed by atoms with Gasteiger partial charge in [0, 0.05) is 24.7 Å². The Morgan fingerprint density at radius 3 is 2.80 bits per heavy atom. The number of nitrogens with zero attached hydrogens (tertiary/aromatic N) is 5. The molecular weight excluding hydrogens is 379 g/mol. The lowest BCUT2D eigenvalue weighted by atomic mass is 9.91. The maximum absolute atomic E-state index is 14.8. The molecule has 1 aliphatic heterocycles. The highest BCUT2D eigenvalue weighted by atomic mass is 19.1. The van der Waals surface area contributed by atoms with Gasteiger partial charge in [-0.2, -0.15) is 0 Å². The normalized spacial score (nSPS) is 17.8. The molecule has 1 aromatic carbocycles. The fourth-order valence-electron chi connectivity index (χ4n) is 5.23. The number of hydrogen-bond acceptors (Lipinski definition) is 4. The molecule has 3 aromatic heterocycles. The molecule has 1 atom stereocenters. The number of rotatable bonds is 1. The van der Waals surface area contributed by atoms with E-state index in [4.69, 9.17) is 0 Å². The highest BCUT2D eigenvalue weighted by Crippen LogP contribution is 2.42. The number of anilines is 1. The summed E-state index contributed by atoms with van der Waals surface area (Å²) >= 11 is 0. The van der Waals surface area contributed by atoms with E-state index in [0.29, 0.717) is 12.5 Å². The number of imidazole rings is 1. The molecular formula is C23H23FN6. The van der Waals surface area contributed by atoms with E-state index in [1.165, 1.54) is 16.7 Å². The zero-order valence-electron chi connectivity index (χ0n) is 17.1. The molecule has 1 aliphatic carbocycles. The van der Waals surface area contributed by atoms with Crippen LogP contribution in [0.25, 0.3) is 16.9 Å². The Labute approximate surface area is 173 Å². The van der Waals surface area contributed by atoms with Crippen molar-refractivity contribution >= 4 is 11.5 Å². The number of fused-ring (bicyclic) bond motifs is 3. The Balaban J connectivity index is 1.53. The maximum atomic E-state index is 14.8. The third kappa shape index (κ3) is 2.44. The van der Waals surface area contributed by atoms with Crippen LogP contribution in [0.4, 0.5) is 10.2 Å². The number of pyridine rings is 1. The Kier molecular flexibility index (Phi) is 3.75. The van der Waals surface area contributed by atoms with Crippen molar-refractivity contribution < 1.29 is 4.39 Å². The lowest BCUT2D eigenvalue weighted by Gasteiger charge is -2.16. The molecule has 0 fully saturated rings. The van der Waals surface area contributed by atoms with Gasteiger partial charge in [-0.1, -0.05) is 6.07 Å². The number of aryl methyl sites for hydroxylation is 3. The molecule has 1 unspecified atom stereocenters. The zero-order chi connectivity index (χ0) is 20.4. The van der Waals surface area contributed by atoms with Crippen LogP contribution in [-0.4, -0.2) is 24.1 Å². The summed E-state index contributed by atoms with van der Waals surface area (Å²) in [6.07, 6.45) is 7.70. The Bertz CT molecular complexity index is 1300. The molecule has 152 valence electrons. The number of halogens is 1. The number of aromatic nitrogens is 5. The molecule has 0 radical (unpaired) electrons. The minimum absolute atomic E-state index is 0.112. The van der Waals surface area contributed by atoms with Crippen molar-refractivity contribution in [1.29, 1.82) is 0 Å². The minimum atomic E-state index is -0.112. The van der Waals surface area contributed by atoms with Crippen molar-refractivity contribution in [3.63, 3.8) is 0 Å². The van der Waals surface area contributed by atoms with Crippen molar-refractivity contribution in [2.45, 2.75) is 45.1 Å².